The van der Waals surface area contributed by atoms with Crippen LogP contribution < -0.4 is 16.4 Å². The molecule has 0 aliphatic carbocycles. The molecule has 1 saturated heterocycles. The highest BCUT2D eigenvalue weighted by atomic mass is 32.2. The minimum Gasteiger partial charge on any atom is -0.465 e. The normalized spacial score (nSPS) is 22.0. The Hall–Kier alpha value is -0.300. The van der Waals surface area contributed by atoms with Crippen LogP contribution in [0.4, 0.5) is 0 Å². The fourth-order valence-electron chi connectivity index (χ4n) is 1.47. The molecule has 0 bridgehead atoms. The number of hydrazine groups is 2. The molecule has 3 N–H and O–H groups in total. The molecule has 0 aromatic rings. The van der Waals surface area contributed by atoms with Crippen LogP contribution in [-0.2, 0) is 9.53 Å². The maximum atomic E-state index is 11.7. The van der Waals surface area contributed by atoms with Crippen molar-refractivity contribution in [1.82, 2.24) is 16.4 Å². The van der Waals surface area contributed by atoms with Gasteiger partial charge in [-0.15, -0.1) is 11.8 Å². The van der Waals surface area contributed by atoms with Crippen molar-refractivity contribution < 1.29 is 9.53 Å². The molecule has 16 heavy (non-hydrogen) atoms. The third kappa shape index (κ3) is 4.69. The van der Waals surface area contributed by atoms with Gasteiger partial charge in [0.25, 0.3) is 0 Å². The summed E-state index contributed by atoms with van der Waals surface area (Å²) >= 11 is 1.63. The lowest BCUT2D eigenvalue weighted by molar-refractivity contribution is -0.142. The Kier molecular flexibility index (Phi) is 6.79. The summed E-state index contributed by atoms with van der Waals surface area (Å²) in [5.74, 6) is -0.0883. The van der Waals surface area contributed by atoms with Crippen molar-refractivity contribution in [1.29, 1.82) is 0 Å². The van der Waals surface area contributed by atoms with Gasteiger partial charge in [-0.1, -0.05) is 19.8 Å². The van der Waals surface area contributed by atoms with E-state index in [2.05, 4.69) is 23.3 Å². The van der Waals surface area contributed by atoms with Crippen molar-refractivity contribution in [2.45, 2.75) is 43.7 Å². The molecule has 0 aromatic carbocycles. The van der Waals surface area contributed by atoms with Gasteiger partial charge < -0.3 is 4.74 Å². The highest BCUT2D eigenvalue weighted by Crippen LogP contribution is 2.23. The number of carbonyl (C=O) groups is 1. The number of nitrogens with one attached hydrogen (secondary N) is 3. The number of hydrogen-bond donors (Lipinski definition) is 3. The van der Waals surface area contributed by atoms with Crippen molar-refractivity contribution in [3.05, 3.63) is 0 Å². The van der Waals surface area contributed by atoms with Crippen molar-refractivity contribution in [3.8, 4) is 0 Å². The summed E-state index contributed by atoms with van der Waals surface area (Å²) in [6.07, 6.45) is 3.05. The molecule has 0 aromatic heterocycles. The zero-order valence-electron chi connectivity index (χ0n) is 9.91. The fraction of sp³-hybridized carbons (Fsp3) is 0.900. The third-order valence-corrected chi connectivity index (χ3v) is 3.68. The first kappa shape index (κ1) is 13.8. The van der Waals surface area contributed by atoms with Gasteiger partial charge in [0.1, 0.15) is 5.25 Å². The number of ether oxygens (including phenoxy) is 1. The van der Waals surface area contributed by atoms with E-state index in [-0.39, 0.29) is 16.6 Å². The van der Waals surface area contributed by atoms with E-state index < -0.39 is 0 Å². The number of esters is 1. The average Bonchev–Trinajstić information content (AvgIpc) is 2.77. The standard InChI is InChI=1S/C10H21N3O2S/c1-3-5-6-8(10(14)15-4-2)16-9-7-11-13-12-9/h8-9,11-13H,3-7H2,1-2H3. The Bertz CT molecular complexity index is 210. The maximum absolute atomic E-state index is 11.7. The monoisotopic (exact) mass is 247 g/mol. The highest BCUT2D eigenvalue weighted by molar-refractivity contribution is 8.01. The second kappa shape index (κ2) is 7.89. The van der Waals surface area contributed by atoms with Crippen LogP contribution in [0.25, 0.3) is 0 Å². The van der Waals surface area contributed by atoms with Crippen LogP contribution in [-0.4, -0.2) is 29.7 Å². The molecule has 1 rings (SSSR count). The van der Waals surface area contributed by atoms with E-state index in [0.717, 1.165) is 25.8 Å². The first-order valence-corrected chi connectivity index (χ1v) is 6.77. The smallest absolute Gasteiger partial charge is 0.319 e. The lowest BCUT2D eigenvalue weighted by Gasteiger charge is -2.17. The minimum absolute atomic E-state index is 0.0564. The van der Waals surface area contributed by atoms with Gasteiger partial charge in [0.05, 0.1) is 12.0 Å². The predicted molar refractivity (Wildman–Crippen MR) is 65.6 cm³/mol. The molecule has 6 heteroatoms. The van der Waals surface area contributed by atoms with Crippen molar-refractivity contribution in [3.63, 3.8) is 0 Å². The summed E-state index contributed by atoms with van der Waals surface area (Å²) in [7, 11) is 0. The van der Waals surface area contributed by atoms with Gasteiger partial charge in [0.15, 0.2) is 0 Å². The molecule has 5 nitrogen and oxygen atoms in total. The number of rotatable bonds is 7. The van der Waals surface area contributed by atoms with Gasteiger partial charge in [-0.05, 0) is 13.3 Å². The Morgan fingerprint density at radius 3 is 2.94 bits per heavy atom. The van der Waals surface area contributed by atoms with Gasteiger partial charge in [-0.2, -0.15) is 5.53 Å². The number of hydrogen-bond acceptors (Lipinski definition) is 6. The maximum Gasteiger partial charge on any atom is 0.319 e. The second-order valence-corrected chi connectivity index (χ2v) is 5.07. The molecule has 0 amide bonds. The average molecular weight is 247 g/mol. The zero-order chi connectivity index (χ0) is 11.8. The lowest BCUT2D eigenvalue weighted by atomic mass is 10.2. The topological polar surface area (TPSA) is 62.4 Å². The van der Waals surface area contributed by atoms with Gasteiger partial charge in [-0.25, -0.2) is 10.9 Å². The van der Waals surface area contributed by atoms with Gasteiger partial charge >= 0.3 is 5.97 Å². The van der Waals surface area contributed by atoms with Crippen LogP contribution in [0.5, 0.6) is 0 Å². The summed E-state index contributed by atoms with van der Waals surface area (Å²) in [5.41, 5.74) is 8.86. The molecule has 1 aliphatic heterocycles. The Balaban J connectivity index is 2.38. The first-order chi connectivity index (χ1) is 7.77. The van der Waals surface area contributed by atoms with Gasteiger partial charge in [0.2, 0.25) is 0 Å². The van der Waals surface area contributed by atoms with Crippen LogP contribution in [0.1, 0.15) is 33.1 Å². The summed E-state index contributed by atoms with van der Waals surface area (Å²) in [5, 5.41) is 0.172. The van der Waals surface area contributed by atoms with Gasteiger partial charge in [0, 0.05) is 6.54 Å². The molecule has 2 atom stereocenters. The summed E-state index contributed by atoms with van der Waals surface area (Å²) in [6.45, 7) is 5.24. The fourth-order valence-corrected chi connectivity index (χ4v) is 2.66. The molecule has 0 spiro atoms. The van der Waals surface area contributed by atoms with E-state index in [9.17, 15) is 4.79 Å². The van der Waals surface area contributed by atoms with E-state index in [4.69, 9.17) is 4.74 Å². The van der Waals surface area contributed by atoms with Crippen LogP contribution in [0.15, 0.2) is 0 Å². The number of unbranched alkanes of at least 4 members (excludes halogenated alkanes) is 1. The third-order valence-electron chi connectivity index (χ3n) is 2.31. The van der Waals surface area contributed by atoms with Crippen LogP contribution >= 0.6 is 11.8 Å². The van der Waals surface area contributed by atoms with E-state index in [1.165, 1.54) is 0 Å². The number of carbonyl (C=O) groups excluding carboxylic acids is 1. The molecule has 1 heterocycles. The van der Waals surface area contributed by atoms with Crippen molar-refractivity contribution >= 4 is 17.7 Å². The second-order valence-electron chi connectivity index (χ2n) is 3.66. The summed E-state index contributed by atoms with van der Waals surface area (Å²) in [4.78, 5) is 11.7. The molecular formula is C10H21N3O2S. The van der Waals surface area contributed by atoms with Crippen molar-refractivity contribution in [2.75, 3.05) is 13.2 Å². The van der Waals surface area contributed by atoms with E-state index >= 15 is 0 Å². The SMILES string of the molecule is CCCCC(SC1CNNN1)C(=O)OCC. The summed E-state index contributed by atoms with van der Waals surface area (Å²) in [6, 6.07) is 0. The van der Waals surface area contributed by atoms with Crippen LogP contribution in [0.3, 0.4) is 0 Å². The summed E-state index contributed by atoms with van der Waals surface area (Å²) < 4.78 is 5.08. The molecular weight excluding hydrogens is 226 g/mol. The van der Waals surface area contributed by atoms with Crippen molar-refractivity contribution in [2.24, 2.45) is 0 Å². The highest BCUT2D eigenvalue weighted by Gasteiger charge is 2.25. The van der Waals surface area contributed by atoms with Crippen LogP contribution in [0, 0.1) is 0 Å². The van der Waals surface area contributed by atoms with E-state index in [1.807, 2.05) is 6.92 Å². The quantitative estimate of drug-likeness (QED) is 0.578. The Labute approximate surface area is 101 Å². The molecule has 1 fully saturated rings. The number of thioether (sulfide) groups is 1. The largest absolute Gasteiger partial charge is 0.465 e. The first-order valence-electron chi connectivity index (χ1n) is 5.83. The molecule has 94 valence electrons. The van der Waals surface area contributed by atoms with Gasteiger partial charge in [-0.3, -0.25) is 4.79 Å². The molecule has 2 unspecified atom stereocenters. The minimum atomic E-state index is -0.0883. The molecule has 0 radical (unpaired) electrons. The molecule has 0 saturated carbocycles. The Morgan fingerprint density at radius 2 is 2.38 bits per heavy atom. The zero-order valence-corrected chi connectivity index (χ0v) is 10.7. The Morgan fingerprint density at radius 1 is 1.56 bits per heavy atom. The molecule has 1 aliphatic rings. The van der Waals surface area contributed by atoms with Crippen LogP contribution in [0.2, 0.25) is 0 Å². The van der Waals surface area contributed by atoms with E-state index in [1.54, 1.807) is 11.8 Å². The predicted octanol–water partition coefficient (Wildman–Crippen LogP) is 0.780. The lowest BCUT2D eigenvalue weighted by Crippen LogP contribution is -2.34. The van der Waals surface area contributed by atoms with E-state index in [0.29, 0.717) is 6.61 Å².